The predicted octanol–water partition coefficient (Wildman–Crippen LogP) is 3.13. The molecule has 0 aromatic carbocycles. The summed E-state index contributed by atoms with van der Waals surface area (Å²) in [6, 6.07) is 3.10. The van der Waals surface area contributed by atoms with Crippen molar-refractivity contribution in [3.63, 3.8) is 0 Å². The first kappa shape index (κ1) is 19.7. The number of nitrogens with one attached hydrogen (secondary N) is 1. The van der Waals surface area contributed by atoms with E-state index in [0.717, 1.165) is 27.7 Å². The second kappa shape index (κ2) is 8.00. The number of hydrogen-bond donors (Lipinski definition) is 2. The summed E-state index contributed by atoms with van der Waals surface area (Å²) in [5.74, 6) is 0.170. The third kappa shape index (κ3) is 4.06. The quantitative estimate of drug-likeness (QED) is 0.666. The lowest BCUT2D eigenvalue weighted by molar-refractivity contribution is 0.0784. The molecule has 2 atom stereocenters. The van der Waals surface area contributed by atoms with Crippen molar-refractivity contribution in [2.24, 2.45) is 11.7 Å². The van der Waals surface area contributed by atoms with Crippen LogP contribution in [0.2, 0.25) is 0 Å². The molecule has 3 aromatic heterocycles. The summed E-state index contributed by atoms with van der Waals surface area (Å²) < 4.78 is 14.3. The Kier molecular flexibility index (Phi) is 5.42. The van der Waals surface area contributed by atoms with Crippen molar-refractivity contribution >= 4 is 33.4 Å². The van der Waals surface area contributed by atoms with Crippen LogP contribution in [0.15, 0.2) is 24.5 Å². The van der Waals surface area contributed by atoms with Crippen LogP contribution in [0, 0.1) is 18.7 Å². The Balaban J connectivity index is 1.66. The number of amides is 1. The van der Waals surface area contributed by atoms with Crippen molar-refractivity contribution in [3.8, 4) is 0 Å². The smallest absolute Gasteiger partial charge is 0.274 e. The van der Waals surface area contributed by atoms with E-state index in [1.54, 1.807) is 6.20 Å². The Bertz CT molecular complexity index is 1050. The molecule has 3 N–H and O–H groups in total. The highest BCUT2D eigenvalue weighted by atomic mass is 32.1. The van der Waals surface area contributed by atoms with E-state index < -0.39 is 5.82 Å². The van der Waals surface area contributed by atoms with E-state index in [0.29, 0.717) is 42.8 Å². The second-order valence-electron chi connectivity index (χ2n) is 7.41. The van der Waals surface area contributed by atoms with Crippen LogP contribution in [-0.2, 0) is 0 Å². The van der Waals surface area contributed by atoms with Crippen LogP contribution < -0.4 is 11.1 Å². The van der Waals surface area contributed by atoms with Crippen molar-refractivity contribution in [1.29, 1.82) is 0 Å². The van der Waals surface area contributed by atoms with E-state index in [9.17, 15) is 9.18 Å². The molecule has 1 aliphatic rings. The maximum Gasteiger partial charge on any atom is 0.274 e. The summed E-state index contributed by atoms with van der Waals surface area (Å²) in [5, 5.41) is 3.18. The lowest BCUT2D eigenvalue weighted by Gasteiger charge is -2.18. The van der Waals surface area contributed by atoms with Gasteiger partial charge in [0.05, 0.1) is 22.5 Å². The van der Waals surface area contributed by atoms with Crippen LogP contribution in [-0.4, -0.2) is 45.4 Å². The number of fused-ring (bicyclic) bond motifs is 1. The van der Waals surface area contributed by atoms with Crippen LogP contribution >= 0.6 is 11.3 Å². The summed E-state index contributed by atoms with van der Waals surface area (Å²) in [6.45, 7) is 5.77. The molecule has 0 spiro atoms. The van der Waals surface area contributed by atoms with Gasteiger partial charge in [-0.3, -0.25) is 9.78 Å². The number of halogens is 1. The van der Waals surface area contributed by atoms with Gasteiger partial charge in [-0.1, -0.05) is 0 Å². The molecule has 9 heteroatoms. The maximum atomic E-state index is 13.5. The van der Waals surface area contributed by atoms with Crippen LogP contribution in [0.5, 0.6) is 0 Å². The van der Waals surface area contributed by atoms with E-state index in [2.05, 4.69) is 20.3 Å². The molecule has 7 nitrogen and oxygen atoms in total. The Hall–Kier alpha value is -2.65. The normalized spacial score (nSPS) is 17.7. The van der Waals surface area contributed by atoms with Crippen molar-refractivity contribution in [2.75, 3.05) is 25.0 Å². The molecule has 1 aliphatic heterocycles. The molecule has 152 valence electrons. The molecule has 0 aliphatic carbocycles. The van der Waals surface area contributed by atoms with Gasteiger partial charge in [-0.2, -0.15) is 0 Å². The molecule has 4 rings (SSSR count). The fraction of sp³-hybridized carbons (Fsp3) is 0.400. The fourth-order valence-corrected chi connectivity index (χ4v) is 4.49. The molecule has 0 bridgehead atoms. The Labute approximate surface area is 172 Å². The summed E-state index contributed by atoms with van der Waals surface area (Å²) >= 11 is 1.51. The first-order valence-electron chi connectivity index (χ1n) is 9.59. The standard InChI is InChI=1S/C20H23FN6OS/c1-11-5-16-18(29-11)17(19(28)27-4-3-13(7-22)10-27)26-20(25-16)24-12(2)14-6-15(21)9-23-8-14/h5-6,8-9,12-13H,3-4,7,10,22H2,1-2H3,(H,24,25,26)/t12?,13-/m0/s1. The van der Waals surface area contributed by atoms with Gasteiger partial charge in [0.1, 0.15) is 5.82 Å². The minimum atomic E-state index is -0.402. The number of aryl methyl sites for hydroxylation is 1. The number of likely N-dealkylation sites (tertiary alicyclic amines) is 1. The number of carbonyl (C=O) groups is 1. The van der Waals surface area contributed by atoms with Crippen molar-refractivity contribution in [1.82, 2.24) is 19.9 Å². The lowest BCUT2D eigenvalue weighted by atomic mass is 10.1. The van der Waals surface area contributed by atoms with Crippen LogP contribution in [0.4, 0.5) is 10.3 Å². The monoisotopic (exact) mass is 414 g/mol. The Morgan fingerprint density at radius 3 is 2.97 bits per heavy atom. The molecule has 29 heavy (non-hydrogen) atoms. The summed E-state index contributed by atoms with van der Waals surface area (Å²) in [6.07, 6.45) is 3.67. The van der Waals surface area contributed by atoms with E-state index >= 15 is 0 Å². The van der Waals surface area contributed by atoms with Crippen molar-refractivity contribution in [2.45, 2.75) is 26.3 Å². The average molecular weight is 415 g/mol. The predicted molar refractivity (Wildman–Crippen MR) is 111 cm³/mol. The molecule has 1 amide bonds. The van der Waals surface area contributed by atoms with Crippen LogP contribution in [0.25, 0.3) is 10.2 Å². The number of carbonyl (C=O) groups excluding carboxylic acids is 1. The Morgan fingerprint density at radius 1 is 1.41 bits per heavy atom. The number of nitrogens with zero attached hydrogens (tertiary/aromatic N) is 4. The summed E-state index contributed by atoms with van der Waals surface area (Å²) in [5.41, 5.74) is 7.57. The minimum absolute atomic E-state index is 0.0988. The second-order valence-corrected chi connectivity index (χ2v) is 8.67. The summed E-state index contributed by atoms with van der Waals surface area (Å²) in [7, 11) is 0. The van der Waals surface area contributed by atoms with E-state index in [4.69, 9.17) is 5.73 Å². The zero-order valence-corrected chi connectivity index (χ0v) is 17.2. The fourth-order valence-electron chi connectivity index (χ4n) is 3.56. The Morgan fingerprint density at radius 2 is 2.24 bits per heavy atom. The third-order valence-electron chi connectivity index (χ3n) is 5.18. The highest BCUT2D eigenvalue weighted by molar-refractivity contribution is 7.19. The molecule has 3 aromatic rings. The first-order chi connectivity index (χ1) is 13.9. The van der Waals surface area contributed by atoms with Crippen LogP contribution in [0.1, 0.15) is 40.3 Å². The average Bonchev–Trinajstić information content (AvgIpc) is 3.32. The number of aromatic nitrogens is 3. The van der Waals surface area contributed by atoms with Gasteiger partial charge >= 0.3 is 0 Å². The van der Waals surface area contributed by atoms with Gasteiger partial charge in [0.25, 0.3) is 5.91 Å². The van der Waals surface area contributed by atoms with Crippen molar-refractivity contribution < 1.29 is 9.18 Å². The SMILES string of the molecule is Cc1cc2nc(NC(C)c3cncc(F)c3)nc(C(=O)N3CC[C@@H](CN)C3)c2s1. The zero-order valence-electron chi connectivity index (χ0n) is 16.4. The topological polar surface area (TPSA) is 97.0 Å². The molecule has 1 fully saturated rings. The van der Waals surface area contributed by atoms with Gasteiger partial charge in [-0.15, -0.1) is 11.3 Å². The highest BCUT2D eigenvalue weighted by Crippen LogP contribution is 2.30. The number of anilines is 1. The van der Waals surface area contributed by atoms with E-state index in [-0.39, 0.29) is 11.9 Å². The van der Waals surface area contributed by atoms with Gasteiger partial charge in [0, 0.05) is 24.2 Å². The maximum absolute atomic E-state index is 13.5. The lowest BCUT2D eigenvalue weighted by Crippen LogP contribution is -2.30. The number of hydrogen-bond acceptors (Lipinski definition) is 7. The van der Waals surface area contributed by atoms with Crippen molar-refractivity contribution in [3.05, 3.63) is 46.5 Å². The molecule has 1 unspecified atom stereocenters. The number of rotatable bonds is 5. The first-order valence-corrected chi connectivity index (χ1v) is 10.4. The van der Waals surface area contributed by atoms with Gasteiger partial charge in [0.15, 0.2) is 5.69 Å². The van der Waals surface area contributed by atoms with Gasteiger partial charge < -0.3 is 16.0 Å². The number of pyridine rings is 1. The largest absolute Gasteiger partial charge is 0.348 e. The van der Waals surface area contributed by atoms with Gasteiger partial charge in [-0.05, 0) is 50.4 Å². The third-order valence-corrected chi connectivity index (χ3v) is 6.22. The molecule has 1 saturated heterocycles. The molecule has 0 radical (unpaired) electrons. The zero-order chi connectivity index (χ0) is 20.5. The van der Waals surface area contributed by atoms with E-state index in [1.165, 1.54) is 17.4 Å². The number of thiophene rings is 1. The number of nitrogens with two attached hydrogens (primary N) is 1. The van der Waals surface area contributed by atoms with E-state index in [1.807, 2.05) is 24.8 Å². The highest BCUT2D eigenvalue weighted by Gasteiger charge is 2.29. The molecule has 0 saturated carbocycles. The molecular formula is C20H23FN6OS. The van der Waals surface area contributed by atoms with Gasteiger partial charge in [0.2, 0.25) is 5.95 Å². The summed E-state index contributed by atoms with van der Waals surface area (Å²) in [4.78, 5) is 29.1. The van der Waals surface area contributed by atoms with Crippen LogP contribution in [0.3, 0.4) is 0 Å². The molecular weight excluding hydrogens is 391 g/mol. The molecule has 4 heterocycles. The van der Waals surface area contributed by atoms with Gasteiger partial charge in [-0.25, -0.2) is 14.4 Å². The minimum Gasteiger partial charge on any atom is -0.348 e.